The molecule has 0 saturated carbocycles. The Morgan fingerprint density at radius 1 is 1.00 bits per heavy atom. The van der Waals surface area contributed by atoms with E-state index < -0.39 is 23.7 Å². The highest BCUT2D eigenvalue weighted by Gasteiger charge is 2.48. The zero-order chi connectivity index (χ0) is 30.7. The number of anilines is 1. The van der Waals surface area contributed by atoms with Gasteiger partial charge in [-0.1, -0.05) is 53.8 Å². The minimum absolute atomic E-state index is 0.0982. The number of aryl methyl sites for hydroxylation is 2. The number of amides is 1. The fraction of sp³-hybridized carbons (Fsp3) is 0.212. The van der Waals surface area contributed by atoms with Crippen molar-refractivity contribution in [3.05, 3.63) is 111 Å². The summed E-state index contributed by atoms with van der Waals surface area (Å²) in [5.74, 6) is -1.43. The van der Waals surface area contributed by atoms with E-state index in [-0.39, 0.29) is 21.3 Å². The number of rotatable bonds is 9. The summed E-state index contributed by atoms with van der Waals surface area (Å²) in [6, 6.07) is 20.7. The largest absolute Gasteiger partial charge is 0.507 e. The minimum Gasteiger partial charge on any atom is -0.507 e. The number of carbonyl (C=O) groups is 3. The van der Waals surface area contributed by atoms with Crippen LogP contribution in [0.15, 0.2) is 78.4 Å². The molecule has 5 rings (SSSR count). The molecule has 1 saturated heterocycles. The lowest BCUT2D eigenvalue weighted by atomic mass is 9.95. The Kier molecular flexibility index (Phi) is 8.58. The van der Waals surface area contributed by atoms with Crippen LogP contribution >= 0.6 is 11.3 Å². The van der Waals surface area contributed by atoms with Crippen molar-refractivity contribution < 1.29 is 33.7 Å². The van der Waals surface area contributed by atoms with Gasteiger partial charge in [0.05, 0.1) is 31.0 Å². The Morgan fingerprint density at radius 3 is 2.37 bits per heavy atom. The van der Waals surface area contributed by atoms with Crippen molar-refractivity contribution in [2.75, 3.05) is 18.6 Å². The van der Waals surface area contributed by atoms with Crippen LogP contribution in [0.25, 0.3) is 5.76 Å². The van der Waals surface area contributed by atoms with E-state index in [1.54, 1.807) is 49.4 Å². The fourth-order valence-electron chi connectivity index (χ4n) is 4.88. The van der Waals surface area contributed by atoms with Crippen LogP contribution in [-0.2, 0) is 20.9 Å². The van der Waals surface area contributed by atoms with E-state index in [0.29, 0.717) is 41.5 Å². The predicted octanol–water partition coefficient (Wildman–Crippen LogP) is 6.15. The van der Waals surface area contributed by atoms with E-state index in [9.17, 15) is 19.5 Å². The molecule has 1 aromatic heterocycles. The molecule has 1 aliphatic heterocycles. The molecule has 4 aromatic rings. The average molecular weight is 599 g/mol. The second kappa shape index (κ2) is 12.5. The van der Waals surface area contributed by atoms with Crippen LogP contribution in [-0.4, -0.2) is 41.5 Å². The Labute approximate surface area is 253 Å². The molecule has 1 atom stereocenters. The first-order valence-electron chi connectivity index (χ1n) is 13.6. The topological polar surface area (TPSA) is 115 Å². The quantitative estimate of drug-likeness (QED) is 0.106. The van der Waals surface area contributed by atoms with E-state index in [4.69, 9.17) is 14.2 Å². The van der Waals surface area contributed by atoms with Gasteiger partial charge in [0.2, 0.25) is 0 Å². The summed E-state index contributed by atoms with van der Waals surface area (Å²) in [6.45, 7) is 6.17. The van der Waals surface area contributed by atoms with Crippen LogP contribution in [0, 0.1) is 13.8 Å². The molecule has 1 fully saturated rings. The van der Waals surface area contributed by atoms with Crippen molar-refractivity contribution in [1.29, 1.82) is 0 Å². The van der Waals surface area contributed by atoms with Crippen LogP contribution < -0.4 is 14.4 Å². The smallest absolute Gasteiger partial charge is 0.350 e. The number of carbonyl (C=O) groups excluding carboxylic acids is 3. The standard InChI is InChI=1S/C33H30N2O7S/c1-5-41-24-14-11-22(12-15-24)27-26(29(37)31(38)35(27)33-34-20(3)30(43-33)32(39)40-4)28(36)23-13-16-25(19(2)17-23)42-18-21-9-7-6-8-10-21/h6-17,27,36H,5,18H2,1-4H3/b28-26-. The first-order chi connectivity index (χ1) is 20.7. The second-order valence-corrected chi connectivity index (χ2v) is 10.8. The molecule has 0 spiro atoms. The molecule has 1 amide bonds. The molecular formula is C33H30N2O7S. The first kappa shape index (κ1) is 29.5. The van der Waals surface area contributed by atoms with E-state index in [1.807, 2.05) is 44.2 Å². The minimum atomic E-state index is -1.01. The van der Waals surface area contributed by atoms with Crippen molar-refractivity contribution in [3.63, 3.8) is 0 Å². The maximum Gasteiger partial charge on any atom is 0.350 e. The number of methoxy groups -OCH3 is 1. The highest BCUT2D eigenvalue weighted by atomic mass is 32.1. The van der Waals surface area contributed by atoms with Gasteiger partial charge in [-0.3, -0.25) is 14.5 Å². The number of aliphatic hydroxyl groups is 1. The van der Waals surface area contributed by atoms with Crippen molar-refractivity contribution in [1.82, 2.24) is 4.98 Å². The fourth-order valence-corrected chi connectivity index (χ4v) is 5.89. The Morgan fingerprint density at radius 2 is 1.72 bits per heavy atom. The molecule has 9 nitrogen and oxygen atoms in total. The third-order valence-electron chi connectivity index (χ3n) is 7.00. The number of thiazole rings is 1. The molecule has 43 heavy (non-hydrogen) atoms. The van der Waals surface area contributed by atoms with Gasteiger partial charge in [0.15, 0.2) is 5.13 Å². The Hall–Kier alpha value is -4.96. The number of esters is 1. The molecule has 2 heterocycles. The van der Waals surface area contributed by atoms with Gasteiger partial charge in [-0.15, -0.1) is 0 Å². The summed E-state index contributed by atoms with van der Waals surface area (Å²) in [7, 11) is 1.26. The summed E-state index contributed by atoms with van der Waals surface area (Å²) in [5.41, 5.74) is 2.92. The van der Waals surface area contributed by atoms with Gasteiger partial charge in [-0.2, -0.15) is 0 Å². The highest BCUT2D eigenvalue weighted by Crippen LogP contribution is 2.44. The molecule has 220 valence electrons. The SMILES string of the molecule is CCOc1ccc(C2/C(=C(/O)c3ccc(OCc4ccccc4)c(C)c3)C(=O)C(=O)N2c2nc(C)c(C(=O)OC)s2)cc1. The van der Waals surface area contributed by atoms with Gasteiger partial charge in [-0.25, -0.2) is 9.78 Å². The second-order valence-electron chi connectivity index (χ2n) is 9.83. The predicted molar refractivity (Wildman–Crippen MR) is 163 cm³/mol. The highest BCUT2D eigenvalue weighted by molar-refractivity contribution is 7.17. The van der Waals surface area contributed by atoms with Crippen molar-refractivity contribution in [2.45, 2.75) is 33.4 Å². The number of ether oxygens (including phenoxy) is 3. The van der Waals surface area contributed by atoms with Gasteiger partial charge < -0.3 is 19.3 Å². The Bertz CT molecular complexity index is 1710. The van der Waals surface area contributed by atoms with Crippen LogP contribution in [0.4, 0.5) is 5.13 Å². The molecule has 0 radical (unpaired) electrons. The third-order valence-corrected chi connectivity index (χ3v) is 8.14. The average Bonchev–Trinajstić information content (AvgIpc) is 3.52. The summed E-state index contributed by atoms with van der Waals surface area (Å²) < 4.78 is 16.4. The lowest BCUT2D eigenvalue weighted by Crippen LogP contribution is -2.29. The molecule has 1 unspecified atom stereocenters. The maximum atomic E-state index is 13.6. The van der Waals surface area contributed by atoms with Crippen LogP contribution in [0.1, 0.15) is 50.6 Å². The molecular weight excluding hydrogens is 568 g/mol. The number of hydrogen-bond donors (Lipinski definition) is 1. The van der Waals surface area contributed by atoms with Crippen LogP contribution in [0.3, 0.4) is 0 Å². The van der Waals surface area contributed by atoms with E-state index in [2.05, 4.69) is 4.98 Å². The Balaban J connectivity index is 1.57. The maximum absolute atomic E-state index is 13.6. The van der Waals surface area contributed by atoms with Gasteiger partial charge >= 0.3 is 11.9 Å². The van der Waals surface area contributed by atoms with E-state index >= 15 is 0 Å². The molecule has 0 bridgehead atoms. The monoisotopic (exact) mass is 598 g/mol. The number of Topliss-reactive ketones (excluding diaryl/α,β-unsaturated/α-hetero) is 1. The summed E-state index contributed by atoms with van der Waals surface area (Å²) >= 11 is 0.944. The number of aliphatic hydroxyl groups excluding tert-OH is 1. The lowest BCUT2D eigenvalue weighted by Gasteiger charge is -2.23. The number of nitrogens with zero attached hydrogens (tertiary/aromatic N) is 2. The lowest BCUT2D eigenvalue weighted by molar-refractivity contribution is -0.132. The number of benzene rings is 3. The van der Waals surface area contributed by atoms with Gasteiger partial charge in [0, 0.05) is 5.56 Å². The number of hydrogen-bond acceptors (Lipinski definition) is 9. The van der Waals surface area contributed by atoms with Crippen molar-refractivity contribution in [2.24, 2.45) is 0 Å². The van der Waals surface area contributed by atoms with E-state index in [1.165, 1.54) is 12.0 Å². The molecule has 1 aliphatic rings. The van der Waals surface area contributed by atoms with Crippen molar-refractivity contribution in [3.8, 4) is 11.5 Å². The molecule has 1 N–H and O–H groups in total. The van der Waals surface area contributed by atoms with Crippen LogP contribution in [0.2, 0.25) is 0 Å². The molecule has 10 heteroatoms. The van der Waals surface area contributed by atoms with Gasteiger partial charge in [0.1, 0.15) is 28.7 Å². The zero-order valence-corrected chi connectivity index (χ0v) is 24.9. The summed E-state index contributed by atoms with van der Waals surface area (Å²) in [5, 5.41) is 11.7. The van der Waals surface area contributed by atoms with Gasteiger partial charge in [-0.05, 0) is 67.8 Å². The molecule has 0 aliphatic carbocycles. The zero-order valence-electron chi connectivity index (χ0n) is 24.1. The number of aromatic nitrogens is 1. The summed E-state index contributed by atoms with van der Waals surface area (Å²) in [6.07, 6.45) is 0. The number of ketones is 1. The third kappa shape index (κ3) is 5.87. The van der Waals surface area contributed by atoms with Gasteiger partial charge in [0.25, 0.3) is 5.78 Å². The molecule has 3 aromatic carbocycles. The first-order valence-corrected chi connectivity index (χ1v) is 14.4. The van der Waals surface area contributed by atoms with Crippen molar-refractivity contribution >= 4 is 39.9 Å². The van der Waals surface area contributed by atoms with E-state index in [0.717, 1.165) is 22.5 Å². The normalized spacial score (nSPS) is 15.9. The summed E-state index contributed by atoms with van der Waals surface area (Å²) in [4.78, 5) is 45.3. The van der Waals surface area contributed by atoms with Crippen LogP contribution in [0.5, 0.6) is 11.5 Å².